The average Bonchev–Trinajstić information content (AvgIpc) is 2.40. The molecule has 0 spiro atoms. The van der Waals surface area contributed by atoms with Crippen LogP contribution in [0.2, 0.25) is 0 Å². The SMILES string of the molecule is CCO[C@@H]1CCCN(C(=O)[C@H]2CNCCO2)C1. The van der Waals surface area contributed by atoms with Crippen LogP contribution < -0.4 is 5.32 Å². The maximum absolute atomic E-state index is 12.2. The predicted octanol–water partition coefficient (Wildman–Crippen LogP) is 0.00230. The number of rotatable bonds is 3. The number of morpholine rings is 1. The van der Waals surface area contributed by atoms with Crippen LogP contribution in [-0.2, 0) is 14.3 Å². The summed E-state index contributed by atoms with van der Waals surface area (Å²) in [5.74, 6) is 0.113. The van der Waals surface area contributed by atoms with E-state index in [1.54, 1.807) is 0 Å². The number of piperidine rings is 1. The van der Waals surface area contributed by atoms with Crippen molar-refractivity contribution in [3.05, 3.63) is 0 Å². The smallest absolute Gasteiger partial charge is 0.253 e. The van der Waals surface area contributed by atoms with E-state index in [0.29, 0.717) is 26.3 Å². The van der Waals surface area contributed by atoms with E-state index in [1.807, 2.05) is 11.8 Å². The Balaban J connectivity index is 1.85. The van der Waals surface area contributed by atoms with Gasteiger partial charge in [-0.3, -0.25) is 4.79 Å². The molecule has 2 aliphatic heterocycles. The lowest BCUT2D eigenvalue weighted by molar-refractivity contribution is -0.149. The first kappa shape index (κ1) is 12.8. The second kappa shape index (κ2) is 6.33. The number of nitrogens with zero attached hydrogens (tertiary/aromatic N) is 1. The van der Waals surface area contributed by atoms with Crippen molar-refractivity contribution in [2.24, 2.45) is 0 Å². The normalized spacial score (nSPS) is 30.3. The molecule has 0 aliphatic carbocycles. The van der Waals surface area contributed by atoms with Gasteiger partial charge in [0.2, 0.25) is 0 Å². The molecule has 2 aliphatic rings. The summed E-state index contributed by atoms with van der Waals surface area (Å²) in [7, 11) is 0. The zero-order chi connectivity index (χ0) is 12.1. The van der Waals surface area contributed by atoms with E-state index in [9.17, 15) is 4.79 Å². The second-order valence-corrected chi connectivity index (χ2v) is 4.57. The molecule has 2 fully saturated rings. The van der Waals surface area contributed by atoms with Crippen molar-refractivity contribution < 1.29 is 14.3 Å². The summed E-state index contributed by atoms with van der Waals surface area (Å²) in [6.07, 6.45) is 1.98. The molecule has 2 rings (SSSR count). The van der Waals surface area contributed by atoms with Crippen LogP contribution in [0.25, 0.3) is 0 Å². The molecule has 0 bridgehead atoms. The lowest BCUT2D eigenvalue weighted by atomic mass is 10.1. The molecule has 5 nitrogen and oxygen atoms in total. The molecule has 0 aromatic heterocycles. The van der Waals surface area contributed by atoms with Crippen molar-refractivity contribution in [3.8, 4) is 0 Å². The summed E-state index contributed by atoms with van der Waals surface area (Å²) >= 11 is 0. The van der Waals surface area contributed by atoms with Gasteiger partial charge in [-0.15, -0.1) is 0 Å². The average molecular weight is 242 g/mol. The molecule has 2 saturated heterocycles. The first-order valence-corrected chi connectivity index (χ1v) is 6.54. The monoisotopic (exact) mass is 242 g/mol. The number of likely N-dealkylation sites (tertiary alicyclic amines) is 1. The molecular formula is C12H22N2O3. The zero-order valence-electron chi connectivity index (χ0n) is 10.5. The maximum atomic E-state index is 12.2. The molecule has 1 amide bonds. The molecular weight excluding hydrogens is 220 g/mol. The fraction of sp³-hybridized carbons (Fsp3) is 0.917. The van der Waals surface area contributed by atoms with Crippen LogP contribution in [0.4, 0.5) is 0 Å². The molecule has 17 heavy (non-hydrogen) atoms. The lowest BCUT2D eigenvalue weighted by Crippen LogP contribution is -2.52. The number of carbonyl (C=O) groups excluding carboxylic acids is 1. The number of nitrogens with one attached hydrogen (secondary N) is 1. The standard InChI is InChI=1S/C12H22N2O3/c1-2-16-10-4-3-6-14(9-10)12(15)11-8-13-5-7-17-11/h10-11,13H,2-9H2,1H3/t10-,11-/m1/s1. The third-order valence-electron chi connectivity index (χ3n) is 3.30. The van der Waals surface area contributed by atoms with Crippen molar-refractivity contribution in [2.45, 2.75) is 32.0 Å². The van der Waals surface area contributed by atoms with E-state index in [-0.39, 0.29) is 18.1 Å². The number of amides is 1. The number of carbonyl (C=O) groups is 1. The van der Waals surface area contributed by atoms with E-state index in [0.717, 1.165) is 25.9 Å². The fourth-order valence-electron chi connectivity index (χ4n) is 2.44. The summed E-state index contributed by atoms with van der Waals surface area (Å²) in [4.78, 5) is 14.1. The molecule has 5 heteroatoms. The third kappa shape index (κ3) is 3.40. The van der Waals surface area contributed by atoms with Crippen LogP contribution in [0, 0.1) is 0 Å². The van der Waals surface area contributed by atoms with Gasteiger partial charge in [0.05, 0.1) is 12.7 Å². The van der Waals surface area contributed by atoms with Crippen LogP contribution in [0.3, 0.4) is 0 Å². The van der Waals surface area contributed by atoms with E-state index in [1.165, 1.54) is 0 Å². The van der Waals surface area contributed by atoms with Crippen LogP contribution in [0.15, 0.2) is 0 Å². The van der Waals surface area contributed by atoms with E-state index in [4.69, 9.17) is 9.47 Å². The predicted molar refractivity (Wildman–Crippen MR) is 63.8 cm³/mol. The molecule has 0 aromatic rings. The van der Waals surface area contributed by atoms with Gasteiger partial charge in [0.1, 0.15) is 6.10 Å². The first-order valence-electron chi connectivity index (χ1n) is 6.54. The van der Waals surface area contributed by atoms with Crippen molar-refractivity contribution in [3.63, 3.8) is 0 Å². The highest BCUT2D eigenvalue weighted by atomic mass is 16.5. The summed E-state index contributed by atoms with van der Waals surface area (Å²) in [6, 6.07) is 0. The summed E-state index contributed by atoms with van der Waals surface area (Å²) in [5, 5.41) is 3.19. The van der Waals surface area contributed by atoms with Crippen molar-refractivity contribution >= 4 is 5.91 Å². The number of hydrogen-bond donors (Lipinski definition) is 1. The van der Waals surface area contributed by atoms with Crippen LogP contribution in [0.1, 0.15) is 19.8 Å². The van der Waals surface area contributed by atoms with Gasteiger partial charge in [-0.25, -0.2) is 0 Å². The largest absolute Gasteiger partial charge is 0.377 e. The Labute approximate surface area is 102 Å². The Morgan fingerprint density at radius 2 is 2.47 bits per heavy atom. The number of hydrogen-bond acceptors (Lipinski definition) is 4. The highest BCUT2D eigenvalue weighted by Crippen LogP contribution is 2.15. The van der Waals surface area contributed by atoms with Gasteiger partial charge in [-0.05, 0) is 19.8 Å². The van der Waals surface area contributed by atoms with Gasteiger partial charge in [-0.1, -0.05) is 0 Å². The molecule has 0 unspecified atom stereocenters. The van der Waals surface area contributed by atoms with E-state index in [2.05, 4.69) is 5.32 Å². The van der Waals surface area contributed by atoms with Crippen molar-refractivity contribution in [1.29, 1.82) is 0 Å². The Bertz CT molecular complexity index is 252. The molecule has 2 atom stereocenters. The van der Waals surface area contributed by atoms with Gasteiger partial charge < -0.3 is 19.7 Å². The quantitative estimate of drug-likeness (QED) is 0.757. The van der Waals surface area contributed by atoms with Crippen molar-refractivity contribution in [1.82, 2.24) is 10.2 Å². The Kier molecular flexibility index (Phi) is 4.76. The minimum Gasteiger partial charge on any atom is -0.377 e. The Morgan fingerprint density at radius 3 is 3.18 bits per heavy atom. The lowest BCUT2D eigenvalue weighted by Gasteiger charge is -2.35. The molecule has 0 saturated carbocycles. The summed E-state index contributed by atoms with van der Waals surface area (Å²) < 4.78 is 11.1. The summed E-state index contributed by atoms with van der Waals surface area (Å²) in [6.45, 7) is 6.36. The van der Waals surface area contributed by atoms with Crippen LogP contribution >= 0.6 is 0 Å². The van der Waals surface area contributed by atoms with E-state index >= 15 is 0 Å². The van der Waals surface area contributed by atoms with Gasteiger partial charge in [0, 0.05) is 32.8 Å². The van der Waals surface area contributed by atoms with Gasteiger partial charge in [0.15, 0.2) is 0 Å². The van der Waals surface area contributed by atoms with Gasteiger partial charge >= 0.3 is 0 Å². The second-order valence-electron chi connectivity index (χ2n) is 4.57. The topological polar surface area (TPSA) is 50.8 Å². The molecule has 98 valence electrons. The molecule has 1 N–H and O–H groups in total. The molecule has 0 aromatic carbocycles. The third-order valence-corrected chi connectivity index (χ3v) is 3.30. The van der Waals surface area contributed by atoms with Gasteiger partial charge in [0.25, 0.3) is 5.91 Å². The highest BCUT2D eigenvalue weighted by Gasteiger charge is 2.30. The summed E-state index contributed by atoms with van der Waals surface area (Å²) in [5.41, 5.74) is 0. The van der Waals surface area contributed by atoms with Gasteiger partial charge in [-0.2, -0.15) is 0 Å². The zero-order valence-corrected chi connectivity index (χ0v) is 10.5. The van der Waals surface area contributed by atoms with Crippen LogP contribution in [-0.4, -0.2) is 62.4 Å². The Hall–Kier alpha value is -0.650. The first-order chi connectivity index (χ1) is 8.31. The fourth-order valence-corrected chi connectivity index (χ4v) is 2.44. The minimum absolute atomic E-state index is 0.113. The van der Waals surface area contributed by atoms with E-state index < -0.39 is 0 Å². The number of ether oxygens (including phenoxy) is 2. The highest BCUT2D eigenvalue weighted by molar-refractivity contribution is 5.81. The molecule has 0 radical (unpaired) electrons. The Morgan fingerprint density at radius 1 is 1.59 bits per heavy atom. The maximum Gasteiger partial charge on any atom is 0.253 e. The molecule has 2 heterocycles. The van der Waals surface area contributed by atoms with Crippen molar-refractivity contribution in [2.75, 3.05) is 39.4 Å². The minimum atomic E-state index is -0.302. The van der Waals surface area contributed by atoms with Crippen LogP contribution in [0.5, 0.6) is 0 Å².